The molecule has 0 atom stereocenters. The SMILES string of the molecule is CCOC(=O)CBr.CCOC(=O)CN1CCC(F)(C(=O)OCC)CC1. The van der Waals surface area contributed by atoms with Gasteiger partial charge in [-0.25, -0.2) is 9.18 Å². The van der Waals surface area contributed by atoms with Gasteiger partial charge in [0.1, 0.15) is 5.33 Å². The number of ether oxygens (including phenoxy) is 3. The molecule has 0 aromatic heterocycles. The Morgan fingerprint density at radius 3 is 1.84 bits per heavy atom. The van der Waals surface area contributed by atoms with Gasteiger partial charge >= 0.3 is 17.9 Å². The van der Waals surface area contributed by atoms with Gasteiger partial charge in [0, 0.05) is 25.9 Å². The molecule has 146 valence electrons. The third kappa shape index (κ3) is 9.74. The van der Waals surface area contributed by atoms with Gasteiger partial charge in [0.15, 0.2) is 0 Å². The number of piperidine rings is 1. The smallest absolute Gasteiger partial charge is 0.343 e. The van der Waals surface area contributed by atoms with Gasteiger partial charge in [0.25, 0.3) is 0 Å². The highest BCUT2D eigenvalue weighted by molar-refractivity contribution is 9.09. The second-order valence-electron chi connectivity index (χ2n) is 5.21. The van der Waals surface area contributed by atoms with Crippen molar-refractivity contribution in [2.45, 2.75) is 39.3 Å². The molecule has 0 aromatic rings. The quantitative estimate of drug-likeness (QED) is 0.348. The normalized spacial score (nSPS) is 16.2. The number of esters is 3. The highest BCUT2D eigenvalue weighted by Gasteiger charge is 2.43. The summed E-state index contributed by atoms with van der Waals surface area (Å²) in [5, 5.41) is 0.292. The van der Waals surface area contributed by atoms with Crippen molar-refractivity contribution in [1.29, 1.82) is 0 Å². The summed E-state index contributed by atoms with van der Waals surface area (Å²) < 4.78 is 28.2. The van der Waals surface area contributed by atoms with Crippen molar-refractivity contribution in [2.75, 3.05) is 44.8 Å². The standard InChI is InChI=1S/C12H20FNO4.C4H7BrO2/c1-3-17-10(15)9-14-7-5-12(13,6-8-14)11(16)18-4-2;1-2-7-4(6)3-5/h3-9H2,1-2H3;2-3H2,1H3. The molecule has 0 amide bonds. The Hall–Kier alpha value is -1.22. The number of hydrogen-bond donors (Lipinski definition) is 0. The minimum atomic E-state index is -1.90. The van der Waals surface area contributed by atoms with Crippen LogP contribution in [-0.2, 0) is 28.6 Å². The van der Waals surface area contributed by atoms with E-state index in [9.17, 15) is 18.8 Å². The Labute approximate surface area is 156 Å². The van der Waals surface area contributed by atoms with Crippen molar-refractivity contribution < 1.29 is 33.0 Å². The number of hydrogen-bond acceptors (Lipinski definition) is 7. The molecule has 0 N–H and O–H groups in total. The lowest BCUT2D eigenvalue weighted by Gasteiger charge is -2.33. The largest absolute Gasteiger partial charge is 0.465 e. The fourth-order valence-electron chi connectivity index (χ4n) is 2.12. The average Bonchev–Trinajstić information content (AvgIpc) is 2.58. The highest BCUT2D eigenvalue weighted by atomic mass is 79.9. The maximum atomic E-state index is 14.2. The van der Waals surface area contributed by atoms with Crippen LogP contribution in [-0.4, -0.2) is 73.3 Å². The average molecular weight is 428 g/mol. The Morgan fingerprint density at radius 2 is 1.44 bits per heavy atom. The number of likely N-dealkylation sites (tertiary alicyclic amines) is 1. The highest BCUT2D eigenvalue weighted by Crippen LogP contribution is 2.27. The van der Waals surface area contributed by atoms with E-state index < -0.39 is 11.6 Å². The second kappa shape index (κ2) is 13.0. The minimum Gasteiger partial charge on any atom is -0.465 e. The first-order chi connectivity index (χ1) is 11.8. The van der Waals surface area contributed by atoms with Crippen LogP contribution >= 0.6 is 15.9 Å². The van der Waals surface area contributed by atoms with Gasteiger partial charge in [-0.3, -0.25) is 14.5 Å². The molecule has 1 rings (SSSR count). The zero-order valence-corrected chi connectivity index (χ0v) is 16.6. The van der Waals surface area contributed by atoms with E-state index in [1.54, 1.807) is 25.7 Å². The first-order valence-corrected chi connectivity index (χ1v) is 9.40. The third-order valence-electron chi connectivity index (χ3n) is 3.36. The first kappa shape index (κ1) is 23.8. The molecular weight excluding hydrogens is 401 g/mol. The van der Waals surface area contributed by atoms with Crippen LogP contribution in [0.5, 0.6) is 0 Å². The number of halogens is 2. The molecule has 1 aliphatic heterocycles. The summed E-state index contributed by atoms with van der Waals surface area (Å²) in [5.74, 6) is -1.32. The van der Waals surface area contributed by atoms with Crippen molar-refractivity contribution in [2.24, 2.45) is 0 Å². The van der Waals surface area contributed by atoms with Crippen molar-refractivity contribution in [3.63, 3.8) is 0 Å². The van der Waals surface area contributed by atoms with Crippen LogP contribution in [0.15, 0.2) is 0 Å². The maximum absolute atomic E-state index is 14.2. The summed E-state index contributed by atoms with van der Waals surface area (Å²) in [7, 11) is 0. The minimum absolute atomic E-state index is 0.0608. The van der Waals surface area contributed by atoms with E-state index in [1.165, 1.54) is 0 Å². The van der Waals surface area contributed by atoms with Crippen molar-refractivity contribution in [1.82, 2.24) is 4.90 Å². The van der Waals surface area contributed by atoms with Crippen LogP contribution in [0.1, 0.15) is 33.6 Å². The van der Waals surface area contributed by atoms with E-state index in [2.05, 4.69) is 20.7 Å². The van der Waals surface area contributed by atoms with Crippen molar-refractivity contribution in [3.8, 4) is 0 Å². The number of rotatable bonds is 7. The summed E-state index contributed by atoms with van der Waals surface area (Å²) in [4.78, 5) is 34.6. The van der Waals surface area contributed by atoms with Crippen LogP contribution in [0.4, 0.5) is 4.39 Å². The molecular formula is C16H27BrFNO6. The molecule has 0 bridgehead atoms. The molecule has 1 saturated heterocycles. The Bertz CT molecular complexity index is 427. The zero-order valence-electron chi connectivity index (χ0n) is 15.0. The van der Waals surface area contributed by atoms with Gasteiger partial charge in [-0.15, -0.1) is 0 Å². The van der Waals surface area contributed by atoms with E-state index in [4.69, 9.17) is 9.47 Å². The van der Waals surface area contributed by atoms with Gasteiger partial charge in [0.2, 0.25) is 5.67 Å². The maximum Gasteiger partial charge on any atom is 0.343 e. The monoisotopic (exact) mass is 427 g/mol. The van der Waals surface area contributed by atoms with Gasteiger partial charge in [-0.2, -0.15) is 0 Å². The molecule has 0 unspecified atom stereocenters. The summed E-state index contributed by atoms with van der Waals surface area (Å²) in [5.41, 5.74) is -1.90. The summed E-state index contributed by atoms with van der Waals surface area (Å²) in [6, 6.07) is 0. The molecule has 1 heterocycles. The van der Waals surface area contributed by atoms with Gasteiger partial charge in [-0.1, -0.05) is 15.9 Å². The van der Waals surface area contributed by atoms with Gasteiger partial charge < -0.3 is 14.2 Å². The first-order valence-electron chi connectivity index (χ1n) is 8.28. The topological polar surface area (TPSA) is 82.1 Å². The Morgan fingerprint density at radius 1 is 0.960 bits per heavy atom. The number of alkyl halides is 2. The molecule has 0 radical (unpaired) electrons. The lowest BCUT2D eigenvalue weighted by atomic mass is 9.93. The molecule has 9 heteroatoms. The predicted octanol–water partition coefficient (Wildman–Crippen LogP) is 1.86. The molecule has 1 fully saturated rings. The molecule has 7 nitrogen and oxygen atoms in total. The van der Waals surface area contributed by atoms with Crippen molar-refractivity contribution in [3.05, 3.63) is 0 Å². The van der Waals surface area contributed by atoms with E-state index in [-0.39, 0.29) is 37.9 Å². The molecule has 0 saturated carbocycles. The third-order valence-corrected chi connectivity index (χ3v) is 3.82. The van der Waals surface area contributed by atoms with Crippen LogP contribution in [0, 0.1) is 0 Å². The predicted molar refractivity (Wildman–Crippen MR) is 93.2 cm³/mol. The zero-order chi connectivity index (χ0) is 19.3. The summed E-state index contributed by atoms with van der Waals surface area (Å²) in [6.07, 6.45) is 0.122. The Kier molecular flexibility index (Phi) is 12.4. The summed E-state index contributed by atoms with van der Waals surface area (Å²) in [6.45, 7) is 7.00. The van der Waals surface area contributed by atoms with Crippen molar-refractivity contribution >= 4 is 33.8 Å². The number of carbonyl (C=O) groups is 3. The van der Waals surface area contributed by atoms with Crippen LogP contribution in [0.2, 0.25) is 0 Å². The number of carbonyl (C=O) groups excluding carboxylic acids is 3. The van der Waals surface area contributed by atoms with E-state index in [0.29, 0.717) is 31.6 Å². The second-order valence-corrected chi connectivity index (χ2v) is 5.77. The molecule has 0 spiro atoms. The lowest BCUT2D eigenvalue weighted by Crippen LogP contribution is -2.48. The molecule has 0 aliphatic carbocycles. The van der Waals surface area contributed by atoms with Crippen LogP contribution in [0.3, 0.4) is 0 Å². The van der Waals surface area contributed by atoms with E-state index >= 15 is 0 Å². The fraction of sp³-hybridized carbons (Fsp3) is 0.812. The molecule has 25 heavy (non-hydrogen) atoms. The fourth-order valence-corrected chi connectivity index (χ4v) is 2.28. The van der Waals surface area contributed by atoms with E-state index in [1.807, 2.05) is 0 Å². The lowest BCUT2D eigenvalue weighted by molar-refractivity contribution is -0.161. The van der Waals surface area contributed by atoms with E-state index in [0.717, 1.165) is 0 Å². The molecule has 1 aliphatic rings. The summed E-state index contributed by atoms with van der Waals surface area (Å²) >= 11 is 2.94. The van der Waals surface area contributed by atoms with Gasteiger partial charge in [0.05, 0.1) is 26.4 Å². The van der Waals surface area contributed by atoms with Gasteiger partial charge in [-0.05, 0) is 20.8 Å². The molecule has 0 aromatic carbocycles. The van der Waals surface area contributed by atoms with Crippen LogP contribution < -0.4 is 0 Å². The van der Waals surface area contributed by atoms with Crippen LogP contribution in [0.25, 0.3) is 0 Å². The number of nitrogens with zero attached hydrogens (tertiary/aromatic N) is 1. The Balaban J connectivity index is 0.000000697.